The number of Topliss-reactive ketones (excluding diaryl/α,β-unsaturated/α-hetero) is 3. The van der Waals surface area contributed by atoms with E-state index in [0.717, 1.165) is 0 Å². The van der Waals surface area contributed by atoms with Crippen LogP contribution in [-0.4, -0.2) is 49.8 Å². The van der Waals surface area contributed by atoms with Gasteiger partial charge >= 0.3 is 5.97 Å². The van der Waals surface area contributed by atoms with Gasteiger partial charge < -0.3 is 20.1 Å². The minimum Gasteiger partial charge on any atom is -0.508 e. The summed E-state index contributed by atoms with van der Waals surface area (Å²) in [5.41, 5.74) is -6.38. The Morgan fingerprint density at radius 3 is 2.25 bits per heavy atom. The van der Waals surface area contributed by atoms with Crippen molar-refractivity contribution in [2.75, 3.05) is 0 Å². The Hall–Kier alpha value is -3.26. The fourth-order valence-corrected chi connectivity index (χ4v) is 6.18. The first-order valence-electron chi connectivity index (χ1n) is 12.0. The molecule has 3 fully saturated rings. The quantitative estimate of drug-likeness (QED) is 0.120. The van der Waals surface area contributed by atoms with Crippen molar-refractivity contribution in [3.8, 4) is 0 Å². The maximum Gasteiger partial charge on any atom is 0.338 e. The number of allylic oxidation sites excluding steroid dienone is 6. The third kappa shape index (κ3) is 3.70. The average molecular weight is 499 g/mol. The number of aliphatic hydroxyl groups is 3. The molecular weight excluding hydrogens is 464 g/mol. The van der Waals surface area contributed by atoms with Crippen LogP contribution in [0.2, 0.25) is 0 Å². The monoisotopic (exact) mass is 498 g/mol. The number of carbonyl (C=O) groups excluding carboxylic acids is 4. The minimum absolute atomic E-state index is 0.00374. The Kier molecular flexibility index (Phi) is 7.07. The van der Waals surface area contributed by atoms with Crippen LogP contribution in [0.3, 0.4) is 0 Å². The van der Waals surface area contributed by atoms with Crippen LogP contribution in [-0.2, 0) is 23.9 Å². The molecule has 1 unspecified atom stereocenters. The fraction of sp³-hybridized carbons (Fsp3) is 0.500. The molecule has 4 rings (SSSR count). The first kappa shape index (κ1) is 27.3. The second-order valence-corrected chi connectivity index (χ2v) is 10.2. The van der Waals surface area contributed by atoms with E-state index in [4.69, 9.17) is 4.74 Å². The highest BCUT2D eigenvalue weighted by Crippen LogP contribution is 2.64. The molecule has 2 bridgehead atoms. The molecule has 0 aromatic rings. The number of esters is 1. The van der Waals surface area contributed by atoms with E-state index in [1.165, 1.54) is 39.8 Å². The van der Waals surface area contributed by atoms with Crippen molar-refractivity contribution in [2.24, 2.45) is 23.2 Å². The van der Waals surface area contributed by atoms with Gasteiger partial charge in [-0.3, -0.25) is 14.4 Å². The largest absolute Gasteiger partial charge is 0.508 e. The van der Waals surface area contributed by atoms with Crippen LogP contribution in [0.15, 0.2) is 59.1 Å². The molecule has 0 spiro atoms. The lowest BCUT2D eigenvalue weighted by molar-refractivity contribution is -0.204. The standard InChI is InChI=1S/C28H34O8/c1-7-9-11-13-16(29)18-20-21(28(6)22(31)15(3)24(33)36-28)19(17(30)14-12-10-8-2)26(4,23(18)32)25(34)27(20,5)35/h7-11,13,19-21,29,31,35H,12,14H2,1-6H3/t19-,20-,21-,26-,27?,28-/m1/s1. The van der Waals surface area contributed by atoms with Gasteiger partial charge in [-0.1, -0.05) is 30.4 Å². The molecule has 8 heteroatoms. The van der Waals surface area contributed by atoms with Gasteiger partial charge in [0.15, 0.2) is 17.2 Å². The highest BCUT2D eigenvalue weighted by Gasteiger charge is 2.77. The molecule has 36 heavy (non-hydrogen) atoms. The predicted molar refractivity (Wildman–Crippen MR) is 132 cm³/mol. The minimum atomic E-state index is -2.20. The average Bonchev–Trinajstić information content (AvgIpc) is 3.01. The van der Waals surface area contributed by atoms with E-state index in [9.17, 15) is 34.5 Å². The molecule has 0 saturated heterocycles. The molecule has 4 aliphatic rings. The molecule has 6 atom stereocenters. The normalized spacial score (nSPS) is 38.2. The van der Waals surface area contributed by atoms with Crippen molar-refractivity contribution < 1.29 is 39.2 Å². The van der Waals surface area contributed by atoms with E-state index in [1.807, 2.05) is 0 Å². The molecule has 8 nitrogen and oxygen atoms in total. The van der Waals surface area contributed by atoms with Gasteiger partial charge in [-0.05, 0) is 54.0 Å². The molecule has 3 aliphatic carbocycles. The van der Waals surface area contributed by atoms with Crippen molar-refractivity contribution in [2.45, 2.75) is 65.6 Å². The number of rotatable bonds is 7. The molecular formula is C28H34O8. The number of fused-ring (bicyclic) bond motifs is 3. The summed E-state index contributed by atoms with van der Waals surface area (Å²) in [7, 11) is 0. The number of ketones is 3. The Balaban J connectivity index is 2.36. The summed E-state index contributed by atoms with van der Waals surface area (Å²) in [6.45, 7) is 8.87. The molecule has 0 aromatic heterocycles. The highest BCUT2D eigenvalue weighted by atomic mass is 16.6. The van der Waals surface area contributed by atoms with Crippen LogP contribution < -0.4 is 0 Å². The number of ether oxygens (including phenoxy) is 1. The predicted octanol–water partition coefficient (Wildman–Crippen LogP) is 3.78. The van der Waals surface area contributed by atoms with Crippen LogP contribution in [0.4, 0.5) is 0 Å². The third-order valence-corrected chi connectivity index (χ3v) is 7.95. The number of hydrogen-bond donors (Lipinski definition) is 3. The summed E-state index contributed by atoms with van der Waals surface area (Å²) >= 11 is 0. The van der Waals surface area contributed by atoms with Crippen molar-refractivity contribution in [1.29, 1.82) is 0 Å². The zero-order valence-corrected chi connectivity index (χ0v) is 21.5. The Morgan fingerprint density at radius 1 is 1.08 bits per heavy atom. The van der Waals surface area contributed by atoms with Crippen LogP contribution in [0.1, 0.15) is 54.4 Å². The summed E-state index contributed by atoms with van der Waals surface area (Å²) in [5, 5.41) is 33.5. The van der Waals surface area contributed by atoms with Crippen molar-refractivity contribution in [1.82, 2.24) is 0 Å². The fourth-order valence-electron chi connectivity index (χ4n) is 6.18. The second kappa shape index (κ2) is 9.32. The Bertz CT molecular complexity index is 1160. The first-order chi connectivity index (χ1) is 16.7. The summed E-state index contributed by atoms with van der Waals surface area (Å²) in [5.74, 6) is -7.69. The van der Waals surface area contributed by atoms with E-state index in [0.29, 0.717) is 6.42 Å². The summed E-state index contributed by atoms with van der Waals surface area (Å²) < 4.78 is 5.61. The van der Waals surface area contributed by atoms with Crippen LogP contribution in [0.25, 0.3) is 0 Å². The number of aliphatic hydroxyl groups excluding tert-OH is 2. The summed E-state index contributed by atoms with van der Waals surface area (Å²) in [4.78, 5) is 53.6. The van der Waals surface area contributed by atoms with E-state index < -0.39 is 69.2 Å². The zero-order valence-electron chi connectivity index (χ0n) is 21.5. The maximum atomic E-state index is 13.9. The van der Waals surface area contributed by atoms with E-state index in [1.54, 1.807) is 38.2 Å². The maximum absolute atomic E-state index is 13.9. The molecule has 0 amide bonds. The lowest BCUT2D eigenvalue weighted by Crippen LogP contribution is -2.75. The Morgan fingerprint density at radius 2 is 1.72 bits per heavy atom. The molecule has 3 N–H and O–H groups in total. The molecule has 0 radical (unpaired) electrons. The van der Waals surface area contributed by atoms with Gasteiger partial charge in [0.1, 0.15) is 28.3 Å². The number of carbonyl (C=O) groups is 4. The van der Waals surface area contributed by atoms with Crippen molar-refractivity contribution >= 4 is 23.3 Å². The smallest absolute Gasteiger partial charge is 0.338 e. The van der Waals surface area contributed by atoms with Crippen molar-refractivity contribution in [3.05, 3.63) is 59.1 Å². The number of cyclic esters (lactones) is 1. The third-order valence-electron chi connectivity index (χ3n) is 7.95. The van der Waals surface area contributed by atoms with Crippen LogP contribution in [0, 0.1) is 23.2 Å². The van der Waals surface area contributed by atoms with E-state index >= 15 is 0 Å². The van der Waals surface area contributed by atoms with Gasteiger partial charge in [0, 0.05) is 29.7 Å². The molecule has 194 valence electrons. The van der Waals surface area contributed by atoms with Gasteiger partial charge in [0.05, 0.1) is 5.57 Å². The first-order valence-corrected chi connectivity index (χ1v) is 12.0. The van der Waals surface area contributed by atoms with Crippen molar-refractivity contribution in [3.63, 3.8) is 0 Å². The van der Waals surface area contributed by atoms with Crippen LogP contribution in [0.5, 0.6) is 0 Å². The lowest BCUT2D eigenvalue weighted by atomic mass is 9.40. The summed E-state index contributed by atoms with van der Waals surface area (Å²) in [6, 6.07) is 0. The second-order valence-electron chi connectivity index (χ2n) is 10.2. The molecule has 0 aromatic carbocycles. The number of hydrogen-bond acceptors (Lipinski definition) is 8. The lowest BCUT2D eigenvalue weighted by Gasteiger charge is -2.61. The highest BCUT2D eigenvalue weighted by molar-refractivity contribution is 6.23. The van der Waals surface area contributed by atoms with E-state index in [2.05, 4.69) is 0 Å². The molecule has 1 aliphatic heterocycles. The van der Waals surface area contributed by atoms with Gasteiger partial charge in [-0.25, -0.2) is 4.79 Å². The zero-order chi connectivity index (χ0) is 27.2. The van der Waals surface area contributed by atoms with Crippen LogP contribution >= 0.6 is 0 Å². The summed E-state index contributed by atoms with van der Waals surface area (Å²) in [6.07, 6.45) is 9.98. The van der Waals surface area contributed by atoms with Gasteiger partial charge in [-0.15, -0.1) is 0 Å². The SMILES string of the molecule is CC=CC=CC(O)=C1C(=O)[C@]2(C)C(=O)C(C)(O)[C@H]1[C@H]([C@@]1(C)OC(=O)C(C)=C1O)[C@H]2C(=O)CCC=CC. The van der Waals surface area contributed by atoms with Gasteiger partial charge in [0.25, 0.3) is 0 Å². The molecule has 3 saturated carbocycles. The Labute approximate surface area is 210 Å². The topological polar surface area (TPSA) is 138 Å². The van der Waals surface area contributed by atoms with E-state index in [-0.39, 0.29) is 17.6 Å². The van der Waals surface area contributed by atoms with Gasteiger partial charge in [0.2, 0.25) is 0 Å². The van der Waals surface area contributed by atoms with Gasteiger partial charge in [-0.2, -0.15) is 0 Å². The molecule has 1 heterocycles.